The second-order valence-corrected chi connectivity index (χ2v) is 5.44. The van der Waals surface area contributed by atoms with Crippen LogP contribution in [0.25, 0.3) is 0 Å². The molecule has 1 aromatic heterocycles. The van der Waals surface area contributed by atoms with E-state index in [9.17, 15) is 0 Å². The van der Waals surface area contributed by atoms with Crippen LogP contribution >= 0.6 is 0 Å². The van der Waals surface area contributed by atoms with Crippen LogP contribution in [0.1, 0.15) is 30.1 Å². The zero-order chi connectivity index (χ0) is 13.9. The summed E-state index contributed by atoms with van der Waals surface area (Å²) in [4.78, 5) is 2.45. The fourth-order valence-electron chi connectivity index (χ4n) is 3.04. The molecule has 0 bridgehead atoms. The number of benzene rings is 1. The van der Waals surface area contributed by atoms with Crippen molar-refractivity contribution >= 4 is 5.69 Å². The van der Waals surface area contributed by atoms with Gasteiger partial charge >= 0.3 is 0 Å². The van der Waals surface area contributed by atoms with Gasteiger partial charge < -0.3 is 10.2 Å². The fourth-order valence-corrected chi connectivity index (χ4v) is 3.04. The van der Waals surface area contributed by atoms with Gasteiger partial charge in [0.15, 0.2) is 0 Å². The molecule has 2 heterocycles. The standard InChI is InChI=1S/C16H22N4/c1-17-15-7-5-10-20(12-13-9-11-19(2)18-13)16-8-4-3-6-14(15)16/h3-4,6,8-9,11,15,17H,5,7,10,12H2,1-2H3. The number of aromatic nitrogens is 2. The first kappa shape index (κ1) is 13.2. The Morgan fingerprint density at radius 3 is 2.90 bits per heavy atom. The first-order valence-electron chi connectivity index (χ1n) is 7.27. The fraction of sp³-hybridized carbons (Fsp3) is 0.438. The number of nitrogens with zero attached hydrogens (tertiary/aromatic N) is 3. The maximum atomic E-state index is 4.51. The van der Waals surface area contributed by atoms with Gasteiger partial charge in [0.25, 0.3) is 0 Å². The van der Waals surface area contributed by atoms with E-state index in [4.69, 9.17) is 0 Å². The topological polar surface area (TPSA) is 33.1 Å². The number of hydrogen-bond donors (Lipinski definition) is 1. The zero-order valence-corrected chi connectivity index (χ0v) is 12.2. The molecule has 0 saturated heterocycles. The molecule has 1 aliphatic rings. The average molecular weight is 270 g/mol. The van der Waals surface area contributed by atoms with Crippen molar-refractivity contribution in [2.24, 2.45) is 7.05 Å². The molecule has 4 heteroatoms. The van der Waals surface area contributed by atoms with Gasteiger partial charge in [-0.15, -0.1) is 0 Å². The highest BCUT2D eigenvalue weighted by Gasteiger charge is 2.21. The quantitative estimate of drug-likeness (QED) is 0.930. The predicted octanol–water partition coefficient (Wildman–Crippen LogP) is 2.48. The van der Waals surface area contributed by atoms with E-state index in [0.29, 0.717) is 6.04 Å². The minimum Gasteiger partial charge on any atom is -0.365 e. The zero-order valence-electron chi connectivity index (χ0n) is 12.2. The Morgan fingerprint density at radius 2 is 2.15 bits per heavy atom. The minimum atomic E-state index is 0.458. The molecule has 0 amide bonds. The van der Waals surface area contributed by atoms with E-state index in [-0.39, 0.29) is 0 Å². The summed E-state index contributed by atoms with van der Waals surface area (Å²) in [5.74, 6) is 0. The summed E-state index contributed by atoms with van der Waals surface area (Å²) in [6.45, 7) is 1.97. The molecule has 0 fully saturated rings. The molecule has 2 aromatic rings. The summed E-state index contributed by atoms with van der Waals surface area (Å²) in [6, 6.07) is 11.3. The third kappa shape index (κ3) is 2.56. The van der Waals surface area contributed by atoms with Gasteiger partial charge in [0.1, 0.15) is 0 Å². The number of nitrogens with one attached hydrogen (secondary N) is 1. The molecule has 1 N–H and O–H groups in total. The van der Waals surface area contributed by atoms with E-state index in [0.717, 1.165) is 18.8 Å². The third-order valence-corrected chi connectivity index (χ3v) is 4.04. The van der Waals surface area contributed by atoms with Gasteiger partial charge in [-0.3, -0.25) is 4.68 Å². The predicted molar refractivity (Wildman–Crippen MR) is 81.7 cm³/mol. The van der Waals surface area contributed by atoms with Crippen molar-refractivity contribution < 1.29 is 0 Å². The van der Waals surface area contributed by atoms with E-state index in [1.807, 2.05) is 17.9 Å². The molecule has 0 saturated carbocycles. The van der Waals surface area contributed by atoms with Gasteiger partial charge in [-0.1, -0.05) is 18.2 Å². The molecule has 106 valence electrons. The molecular formula is C16H22N4. The first-order chi connectivity index (χ1) is 9.78. The molecule has 0 aliphatic carbocycles. The lowest BCUT2D eigenvalue weighted by Crippen LogP contribution is -2.24. The smallest absolute Gasteiger partial charge is 0.0817 e. The summed E-state index contributed by atoms with van der Waals surface area (Å²) < 4.78 is 1.87. The van der Waals surface area contributed by atoms with Crippen LogP contribution < -0.4 is 10.2 Å². The summed E-state index contributed by atoms with van der Waals surface area (Å²) in [5.41, 5.74) is 3.88. The number of anilines is 1. The van der Waals surface area contributed by atoms with E-state index in [2.05, 4.69) is 52.7 Å². The molecule has 1 aliphatic heterocycles. The van der Waals surface area contributed by atoms with Crippen molar-refractivity contribution in [3.8, 4) is 0 Å². The molecule has 4 nitrogen and oxygen atoms in total. The average Bonchev–Trinajstić information content (AvgIpc) is 2.79. The molecular weight excluding hydrogens is 248 g/mol. The van der Waals surface area contributed by atoms with Crippen molar-refractivity contribution in [2.45, 2.75) is 25.4 Å². The van der Waals surface area contributed by atoms with Crippen LogP contribution in [-0.4, -0.2) is 23.4 Å². The summed E-state index contributed by atoms with van der Waals surface area (Å²) in [7, 11) is 4.02. The van der Waals surface area contributed by atoms with Crippen LogP contribution in [0.5, 0.6) is 0 Å². The highest BCUT2D eigenvalue weighted by Crippen LogP contribution is 2.33. The SMILES string of the molecule is CNC1CCCN(Cc2ccn(C)n2)c2ccccc21. The second-order valence-electron chi connectivity index (χ2n) is 5.44. The van der Waals surface area contributed by atoms with Crippen LogP contribution in [0.4, 0.5) is 5.69 Å². The van der Waals surface area contributed by atoms with Crippen LogP contribution in [-0.2, 0) is 13.6 Å². The van der Waals surface area contributed by atoms with Gasteiger partial charge in [-0.2, -0.15) is 5.10 Å². The van der Waals surface area contributed by atoms with Gasteiger partial charge in [-0.25, -0.2) is 0 Å². The Balaban J connectivity index is 1.91. The van der Waals surface area contributed by atoms with Crippen molar-refractivity contribution in [3.63, 3.8) is 0 Å². The van der Waals surface area contributed by atoms with Gasteiger partial charge in [0.2, 0.25) is 0 Å². The molecule has 0 spiro atoms. The summed E-state index contributed by atoms with van der Waals surface area (Å²) >= 11 is 0. The Bertz CT molecular complexity index is 575. The van der Waals surface area contributed by atoms with E-state index >= 15 is 0 Å². The molecule has 1 atom stereocenters. The molecule has 20 heavy (non-hydrogen) atoms. The third-order valence-electron chi connectivity index (χ3n) is 4.04. The van der Waals surface area contributed by atoms with Crippen LogP contribution in [0.15, 0.2) is 36.5 Å². The highest BCUT2D eigenvalue weighted by atomic mass is 15.3. The van der Waals surface area contributed by atoms with Crippen molar-refractivity contribution in [1.82, 2.24) is 15.1 Å². The normalized spacial score (nSPS) is 18.7. The Kier molecular flexibility index (Phi) is 3.74. The van der Waals surface area contributed by atoms with Gasteiger partial charge in [-0.05, 0) is 37.6 Å². The number of para-hydroxylation sites is 1. The lowest BCUT2D eigenvalue weighted by molar-refractivity contribution is 0.541. The Labute approximate surface area is 120 Å². The first-order valence-corrected chi connectivity index (χ1v) is 7.27. The number of aryl methyl sites for hydroxylation is 1. The van der Waals surface area contributed by atoms with E-state index in [1.165, 1.54) is 24.1 Å². The van der Waals surface area contributed by atoms with Gasteiger partial charge in [0.05, 0.1) is 12.2 Å². The minimum absolute atomic E-state index is 0.458. The summed E-state index contributed by atoms with van der Waals surface area (Å²) in [5, 5.41) is 7.95. The van der Waals surface area contributed by atoms with Crippen molar-refractivity contribution in [2.75, 3.05) is 18.5 Å². The van der Waals surface area contributed by atoms with Crippen LogP contribution in [0, 0.1) is 0 Å². The number of hydrogen-bond acceptors (Lipinski definition) is 3. The van der Waals surface area contributed by atoms with E-state index in [1.54, 1.807) is 0 Å². The number of rotatable bonds is 3. The lowest BCUT2D eigenvalue weighted by Gasteiger charge is -2.25. The summed E-state index contributed by atoms with van der Waals surface area (Å²) in [6.07, 6.45) is 4.40. The molecule has 1 unspecified atom stereocenters. The van der Waals surface area contributed by atoms with Crippen LogP contribution in [0.3, 0.4) is 0 Å². The van der Waals surface area contributed by atoms with Gasteiger partial charge in [0, 0.05) is 31.5 Å². The molecule has 3 rings (SSSR count). The number of fused-ring (bicyclic) bond motifs is 1. The maximum absolute atomic E-state index is 4.51. The van der Waals surface area contributed by atoms with Crippen molar-refractivity contribution in [3.05, 3.63) is 47.8 Å². The van der Waals surface area contributed by atoms with E-state index < -0.39 is 0 Å². The monoisotopic (exact) mass is 270 g/mol. The van der Waals surface area contributed by atoms with Crippen molar-refractivity contribution in [1.29, 1.82) is 0 Å². The molecule has 1 aromatic carbocycles. The highest BCUT2D eigenvalue weighted by molar-refractivity contribution is 5.56. The Hall–Kier alpha value is -1.81. The lowest BCUT2D eigenvalue weighted by atomic mass is 10.0. The second kappa shape index (κ2) is 5.67. The molecule has 0 radical (unpaired) electrons. The van der Waals surface area contributed by atoms with Crippen LogP contribution in [0.2, 0.25) is 0 Å². The Morgan fingerprint density at radius 1 is 1.30 bits per heavy atom. The largest absolute Gasteiger partial charge is 0.365 e. The maximum Gasteiger partial charge on any atom is 0.0817 e.